The van der Waals surface area contributed by atoms with Crippen LogP contribution in [0.1, 0.15) is 42.7 Å². The quantitative estimate of drug-likeness (QED) is 0.794. The van der Waals surface area contributed by atoms with Crippen molar-refractivity contribution in [1.29, 1.82) is 0 Å². The van der Waals surface area contributed by atoms with Crippen molar-refractivity contribution >= 4 is 5.97 Å². The van der Waals surface area contributed by atoms with Crippen LogP contribution in [-0.4, -0.2) is 32.5 Å². The molecule has 0 atom stereocenters. The Morgan fingerprint density at radius 2 is 2.15 bits per heavy atom. The van der Waals surface area contributed by atoms with Gasteiger partial charge in [-0.15, -0.1) is 0 Å². The molecule has 0 N–H and O–H groups in total. The van der Waals surface area contributed by atoms with Crippen LogP contribution < -0.4 is 0 Å². The molecule has 0 aliphatic carbocycles. The molecule has 0 spiro atoms. The Hall–Kier alpha value is -2.37. The molecule has 0 radical (unpaired) electrons. The van der Waals surface area contributed by atoms with Gasteiger partial charge >= 0.3 is 5.97 Å². The molecule has 0 amide bonds. The van der Waals surface area contributed by atoms with Gasteiger partial charge in [-0.3, -0.25) is 0 Å². The lowest BCUT2D eigenvalue weighted by Crippen LogP contribution is -2.12. The van der Waals surface area contributed by atoms with Crippen LogP contribution in [-0.2, 0) is 4.74 Å². The number of nitrogens with zero attached hydrogens (tertiary/aromatic N) is 4. The van der Waals surface area contributed by atoms with E-state index in [4.69, 9.17) is 4.74 Å². The molecular weight excluding hydrogens is 256 g/mol. The molecule has 0 aliphatic rings. The number of carbonyl (C=O) groups excluding carboxylic acids is 1. The Labute approximate surface area is 117 Å². The van der Waals surface area contributed by atoms with E-state index in [1.165, 1.54) is 12.5 Å². The first-order chi connectivity index (χ1) is 9.63. The number of esters is 1. The minimum Gasteiger partial charge on any atom is -0.462 e. The molecule has 6 heteroatoms. The Balaban J connectivity index is 2.45. The van der Waals surface area contributed by atoms with E-state index in [1.54, 1.807) is 19.2 Å². The van der Waals surface area contributed by atoms with Crippen LogP contribution in [0.5, 0.6) is 0 Å². The lowest BCUT2D eigenvalue weighted by molar-refractivity contribution is 0.0523. The summed E-state index contributed by atoms with van der Waals surface area (Å²) in [5.74, 6) is 0.160. The van der Waals surface area contributed by atoms with E-state index in [2.05, 4.69) is 19.9 Å². The Kier molecular flexibility index (Phi) is 4.34. The fourth-order valence-electron chi connectivity index (χ4n) is 1.75. The molecule has 2 rings (SSSR count). The summed E-state index contributed by atoms with van der Waals surface area (Å²) < 4.78 is 5.02. The first-order valence-corrected chi connectivity index (χ1v) is 6.44. The van der Waals surface area contributed by atoms with E-state index in [-0.39, 0.29) is 5.92 Å². The Morgan fingerprint density at radius 3 is 2.75 bits per heavy atom. The zero-order valence-electron chi connectivity index (χ0n) is 11.7. The van der Waals surface area contributed by atoms with Crippen molar-refractivity contribution < 1.29 is 9.53 Å². The maximum Gasteiger partial charge on any atom is 0.341 e. The number of hydrogen-bond donors (Lipinski definition) is 0. The average molecular weight is 272 g/mol. The third kappa shape index (κ3) is 2.96. The van der Waals surface area contributed by atoms with Gasteiger partial charge in [0.2, 0.25) is 0 Å². The van der Waals surface area contributed by atoms with Gasteiger partial charge in [-0.05, 0) is 18.9 Å². The third-order valence-electron chi connectivity index (χ3n) is 2.67. The molecule has 0 saturated heterocycles. The van der Waals surface area contributed by atoms with E-state index in [0.29, 0.717) is 29.4 Å². The van der Waals surface area contributed by atoms with Crippen molar-refractivity contribution in [3.8, 4) is 11.5 Å². The molecule has 2 heterocycles. The fraction of sp³-hybridized carbons (Fsp3) is 0.357. The SMILES string of the molecule is CCOC(=O)c1cnc(-c2ccncn2)nc1C(C)C. The van der Waals surface area contributed by atoms with Gasteiger partial charge < -0.3 is 4.74 Å². The van der Waals surface area contributed by atoms with Crippen molar-refractivity contribution in [2.75, 3.05) is 6.61 Å². The second kappa shape index (κ2) is 6.18. The number of ether oxygens (including phenoxy) is 1. The van der Waals surface area contributed by atoms with Gasteiger partial charge in [-0.25, -0.2) is 24.7 Å². The third-order valence-corrected chi connectivity index (χ3v) is 2.67. The van der Waals surface area contributed by atoms with E-state index in [9.17, 15) is 4.79 Å². The van der Waals surface area contributed by atoms with Crippen LogP contribution in [0.3, 0.4) is 0 Å². The van der Waals surface area contributed by atoms with Crippen molar-refractivity contribution in [2.45, 2.75) is 26.7 Å². The van der Waals surface area contributed by atoms with Gasteiger partial charge in [0.25, 0.3) is 0 Å². The standard InChI is InChI=1S/C14H16N4O2/c1-4-20-14(19)10-7-16-13(18-12(10)9(2)3)11-5-6-15-8-17-11/h5-9H,4H2,1-3H3. The van der Waals surface area contributed by atoms with Crippen LogP contribution in [0.2, 0.25) is 0 Å². The molecule has 0 fully saturated rings. The van der Waals surface area contributed by atoms with Crippen molar-refractivity contribution in [3.63, 3.8) is 0 Å². The highest BCUT2D eigenvalue weighted by atomic mass is 16.5. The fourth-order valence-corrected chi connectivity index (χ4v) is 1.75. The summed E-state index contributed by atoms with van der Waals surface area (Å²) in [5, 5.41) is 0. The average Bonchev–Trinajstić information content (AvgIpc) is 2.47. The maximum absolute atomic E-state index is 11.9. The van der Waals surface area contributed by atoms with Gasteiger partial charge in [0.1, 0.15) is 12.0 Å². The number of hydrogen-bond acceptors (Lipinski definition) is 6. The van der Waals surface area contributed by atoms with Crippen LogP contribution in [0.4, 0.5) is 0 Å². The predicted octanol–water partition coefficient (Wildman–Crippen LogP) is 2.23. The maximum atomic E-state index is 11.9. The largest absolute Gasteiger partial charge is 0.462 e. The van der Waals surface area contributed by atoms with Gasteiger partial charge in [0.15, 0.2) is 5.82 Å². The predicted molar refractivity (Wildman–Crippen MR) is 73.1 cm³/mol. The van der Waals surface area contributed by atoms with Crippen LogP contribution in [0.15, 0.2) is 24.8 Å². The van der Waals surface area contributed by atoms with E-state index in [1.807, 2.05) is 13.8 Å². The zero-order valence-corrected chi connectivity index (χ0v) is 11.7. The first-order valence-electron chi connectivity index (χ1n) is 6.44. The second-order valence-electron chi connectivity index (χ2n) is 4.46. The molecule has 0 unspecified atom stereocenters. The summed E-state index contributed by atoms with van der Waals surface area (Å²) in [4.78, 5) is 28.5. The molecule has 0 aliphatic heterocycles. The lowest BCUT2D eigenvalue weighted by Gasteiger charge is -2.11. The van der Waals surface area contributed by atoms with Gasteiger partial charge in [-0.1, -0.05) is 13.8 Å². The Morgan fingerprint density at radius 1 is 1.35 bits per heavy atom. The summed E-state index contributed by atoms with van der Waals surface area (Å²) in [6.07, 6.45) is 4.56. The topological polar surface area (TPSA) is 77.9 Å². The molecule has 0 bridgehead atoms. The monoisotopic (exact) mass is 272 g/mol. The molecule has 2 aromatic rings. The molecule has 20 heavy (non-hydrogen) atoms. The number of rotatable bonds is 4. The molecular formula is C14H16N4O2. The smallest absolute Gasteiger partial charge is 0.341 e. The summed E-state index contributed by atoms with van der Waals surface area (Å²) in [7, 11) is 0. The Bertz CT molecular complexity index is 599. The first kappa shape index (κ1) is 14.0. The van der Waals surface area contributed by atoms with Crippen molar-refractivity contribution in [1.82, 2.24) is 19.9 Å². The van der Waals surface area contributed by atoms with Crippen LogP contribution in [0.25, 0.3) is 11.5 Å². The highest BCUT2D eigenvalue weighted by molar-refractivity contribution is 5.90. The van der Waals surface area contributed by atoms with Crippen LogP contribution in [0, 0.1) is 0 Å². The molecule has 0 aromatic carbocycles. The summed E-state index contributed by atoms with van der Waals surface area (Å²) >= 11 is 0. The normalized spacial score (nSPS) is 10.6. The summed E-state index contributed by atoms with van der Waals surface area (Å²) in [6, 6.07) is 1.73. The van der Waals surface area contributed by atoms with Gasteiger partial charge in [-0.2, -0.15) is 0 Å². The van der Waals surface area contributed by atoms with E-state index in [0.717, 1.165) is 0 Å². The lowest BCUT2D eigenvalue weighted by atomic mass is 10.1. The number of carbonyl (C=O) groups is 1. The van der Waals surface area contributed by atoms with Gasteiger partial charge in [0, 0.05) is 12.4 Å². The highest BCUT2D eigenvalue weighted by Gasteiger charge is 2.18. The zero-order chi connectivity index (χ0) is 14.5. The molecule has 6 nitrogen and oxygen atoms in total. The molecule has 104 valence electrons. The summed E-state index contributed by atoms with van der Waals surface area (Å²) in [5.41, 5.74) is 1.68. The van der Waals surface area contributed by atoms with E-state index < -0.39 is 5.97 Å². The van der Waals surface area contributed by atoms with Crippen LogP contribution >= 0.6 is 0 Å². The van der Waals surface area contributed by atoms with Crippen molar-refractivity contribution in [2.24, 2.45) is 0 Å². The molecule has 2 aromatic heterocycles. The minimum atomic E-state index is -0.398. The minimum absolute atomic E-state index is 0.0815. The second-order valence-corrected chi connectivity index (χ2v) is 4.46. The van der Waals surface area contributed by atoms with E-state index >= 15 is 0 Å². The molecule has 0 saturated carbocycles. The van der Waals surface area contributed by atoms with Crippen molar-refractivity contribution in [3.05, 3.63) is 36.0 Å². The number of aromatic nitrogens is 4. The van der Waals surface area contributed by atoms with Gasteiger partial charge in [0.05, 0.1) is 17.9 Å². The highest BCUT2D eigenvalue weighted by Crippen LogP contribution is 2.20. The summed E-state index contributed by atoms with van der Waals surface area (Å²) in [6.45, 7) is 6.02.